The molecule has 26 heavy (non-hydrogen) atoms. The lowest BCUT2D eigenvalue weighted by atomic mass is 9.89. The lowest BCUT2D eigenvalue weighted by Crippen LogP contribution is -2.27. The zero-order chi connectivity index (χ0) is 18.7. The van der Waals surface area contributed by atoms with Gasteiger partial charge in [-0.3, -0.25) is 14.2 Å². The topological polar surface area (TPSA) is 87.8 Å². The predicted octanol–water partition coefficient (Wildman–Crippen LogP) is 2.72. The third kappa shape index (κ3) is 3.79. The van der Waals surface area contributed by atoms with Crippen molar-refractivity contribution < 1.29 is 4.79 Å². The molecule has 138 valence electrons. The molecule has 0 spiro atoms. The van der Waals surface area contributed by atoms with Crippen molar-refractivity contribution in [2.45, 2.75) is 51.2 Å². The Morgan fingerprint density at radius 3 is 3.08 bits per heavy atom. The highest BCUT2D eigenvalue weighted by Crippen LogP contribution is 2.36. The first kappa shape index (κ1) is 18.9. The maximum Gasteiger partial charge on any atom is 0.263 e. The molecule has 3 rings (SSSR count). The second kappa shape index (κ2) is 8.23. The van der Waals surface area contributed by atoms with Crippen LogP contribution >= 0.6 is 23.1 Å². The summed E-state index contributed by atoms with van der Waals surface area (Å²) in [6.45, 7) is 5.05. The van der Waals surface area contributed by atoms with Crippen LogP contribution < -0.4 is 10.9 Å². The summed E-state index contributed by atoms with van der Waals surface area (Å²) < 4.78 is 1.67. The minimum Gasteiger partial charge on any atom is -0.354 e. The monoisotopic (exact) mass is 390 g/mol. The van der Waals surface area contributed by atoms with Crippen molar-refractivity contribution in [2.75, 3.05) is 12.3 Å². The molecule has 0 saturated carbocycles. The largest absolute Gasteiger partial charge is 0.354 e. The highest BCUT2D eigenvalue weighted by atomic mass is 32.2. The molecule has 0 radical (unpaired) electrons. The van der Waals surface area contributed by atoms with Crippen LogP contribution in [0.5, 0.6) is 0 Å². The normalized spacial score (nSPS) is 16.3. The minimum atomic E-state index is -0.151. The van der Waals surface area contributed by atoms with Gasteiger partial charge in [0.25, 0.3) is 5.56 Å². The predicted molar refractivity (Wildman–Crippen MR) is 105 cm³/mol. The number of carbonyl (C=O) groups is 1. The van der Waals surface area contributed by atoms with Gasteiger partial charge in [0.1, 0.15) is 4.83 Å². The van der Waals surface area contributed by atoms with E-state index in [2.05, 4.69) is 12.2 Å². The van der Waals surface area contributed by atoms with E-state index in [1.165, 1.54) is 22.2 Å². The molecule has 1 N–H and O–H groups in total. The number of thiophene rings is 1. The molecule has 6 nitrogen and oxygen atoms in total. The van der Waals surface area contributed by atoms with Gasteiger partial charge in [-0.15, -0.1) is 11.3 Å². The average molecular weight is 391 g/mol. The third-order valence-electron chi connectivity index (χ3n) is 4.59. The van der Waals surface area contributed by atoms with Crippen molar-refractivity contribution in [1.29, 1.82) is 5.26 Å². The van der Waals surface area contributed by atoms with Gasteiger partial charge in [0.15, 0.2) is 5.16 Å². The van der Waals surface area contributed by atoms with Crippen LogP contribution in [-0.4, -0.2) is 27.8 Å². The number of nitrogens with one attached hydrogen (secondary N) is 1. The maximum absolute atomic E-state index is 13.0. The molecule has 0 unspecified atom stereocenters. The van der Waals surface area contributed by atoms with Gasteiger partial charge in [-0.25, -0.2) is 4.98 Å². The van der Waals surface area contributed by atoms with Gasteiger partial charge in [-0.1, -0.05) is 18.7 Å². The van der Waals surface area contributed by atoms with Crippen molar-refractivity contribution in [3.05, 3.63) is 20.8 Å². The summed E-state index contributed by atoms with van der Waals surface area (Å²) in [6, 6.07) is 1.99. The number of nitriles is 1. The summed E-state index contributed by atoms with van der Waals surface area (Å²) in [5.41, 5.74) is 1.20. The Kier molecular flexibility index (Phi) is 5.99. The highest BCUT2D eigenvalue weighted by Gasteiger charge is 2.24. The molecule has 2 aromatic rings. The lowest BCUT2D eigenvalue weighted by molar-refractivity contribution is -0.118. The first-order valence-corrected chi connectivity index (χ1v) is 10.7. The summed E-state index contributed by atoms with van der Waals surface area (Å²) in [7, 11) is 0. The number of aromatic nitrogens is 2. The first-order valence-electron chi connectivity index (χ1n) is 8.86. The van der Waals surface area contributed by atoms with Crippen molar-refractivity contribution in [2.24, 2.45) is 5.92 Å². The highest BCUT2D eigenvalue weighted by molar-refractivity contribution is 7.99. The molecule has 0 aromatic carbocycles. The van der Waals surface area contributed by atoms with E-state index in [-0.39, 0.29) is 17.2 Å². The summed E-state index contributed by atoms with van der Waals surface area (Å²) in [4.78, 5) is 31.7. The van der Waals surface area contributed by atoms with E-state index < -0.39 is 0 Å². The zero-order valence-electron chi connectivity index (χ0n) is 15.0. The van der Waals surface area contributed by atoms with Crippen molar-refractivity contribution in [3.63, 3.8) is 0 Å². The number of thioether (sulfide) groups is 1. The number of nitrogens with zero attached hydrogens (tertiary/aromatic N) is 3. The van der Waals surface area contributed by atoms with Gasteiger partial charge in [0.05, 0.1) is 23.6 Å². The molecule has 0 bridgehead atoms. The summed E-state index contributed by atoms with van der Waals surface area (Å²) >= 11 is 2.90. The van der Waals surface area contributed by atoms with E-state index in [1.807, 2.05) is 13.0 Å². The number of hydrogen-bond donors (Lipinski definition) is 1. The molecule has 1 aliphatic carbocycles. The number of aryl methyl sites for hydroxylation is 1. The fourth-order valence-electron chi connectivity index (χ4n) is 3.23. The molecule has 0 aliphatic heterocycles. The van der Waals surface area contributed by atoms with E-state index in [9.17, 15) is 9.59 Å². The van der Waals surface area contributed by atoms with Gasteiger partial charge < -0.3 is 5.32 Å². The Balaban J connectivity index is 1.88. The van der Waals surface area contributed by atoms with Crippen molar-refractivity contribution in [3.8, 4) is 6.07 Å². The van der Waals surface area contributed by atoms with Gasteiger partial charge in [0, 0.05) is 18.0 Å². The first-order chi connectivity index (χ1) is 12.5. The van der Waals surface area contributed by atoms with Crippen molar-refractivity contribution >= 4 is 39.2 Å². The van der Waals surface area contributed by atoms with E-state index in [1.54, 1.807) is 15.9 Å². The van der Waals surface area contributed by atoms with Crippen LogP contribution in [0.1, 0.15) is 37.1 Å². The fourth-order valence-corrected chi connectivity index (χ4v) is 5.55. The Morgan fingerprint density at radius 1 is 1.54 bits per heavy atom. The van der Waals surface area contributed by atoms with Gasteiger partial charge in [0.2, 0.25) is 5.91 Å². The number of carbonyl (C=O) groups excluding carboxylic acids is 1. The average Bonchev–Trinajstić information content (AvgIpc) is 2.97. The Morgan fingerprint density at radius 2 is 2.35 bits per heavy atom. The molecule has 1 amide bonds. The number of amides is 1. The smallest absolute Gasteiger partial charge is 0.263 e. The lowest BCUT2D eigenvalue weighted by Gasteiger charge is -2.17. The molecule has 1 aliphatic rings. The fraction of sp³-hybridized carbons (Fsp3) is 0.556. The summed E-state index contributed by atoms with van der Waals surface area (Å²) in [5, 5.41) is 12.6. The zero-order valence-corrected chi connectivity index (χ0v) is 16.6. The molecule has 1 atom stereocenters. The second-order valence-corrected chi connectivity index (χ2v) is 8.55. The number of fused-ring (bicyclic) bond motifs is 3. The van der Waals surface area contributed by atoms with Gasteiger partial charge >= 0.3 is 0 Å². The van der Waals surface area contributed by atoms with E-state index >= 15 is 0 Å². The Bertz CT molecular complexity index is 926. The van der Waals surface area contributed by atoms with Crippen LogP contribution in [0, 0.1) is 17.2 Å². The van der Waals surface area contributed by atoms with Gasteiger partial charge in [-0.05, 0) is 37.7 Å². The minimum absolute atomic E-state index is 0.0111. The van der Waals surface area contributed by atoms with Crippen LogP contribution in [0.25, 0.3) is 10.2 Å². The summed E-state index contributed by atoms with van der Waals surface area (Å²) in [5.74, 6) is 0.683. The molecule has 0 fully saturated rings. The molecular formula is C18H22N4O2S2. The van der Waals surface area contributed by atoms with E-state index in [0.717, 1.165) is 29.5 Å². The Hall–Kier alpha value is -1.85. The maximum atomic E-state index is 13.0. The van der Waals surface area contributed by atoms with Crippen LogP contribution in [0.15, 0.2) is 9.95 Å². The SMILES string of the molecule is CCn1c(SCC(=O)NCCC#N)nc2sc3c(c2c1=O)CC[C@@H](C)C3. The van der Waals surface area contributed by atoms with Gasteiger partial charge in [-0.2, -0.15) is 5.26 Å². The molecule has 8 heteroatoms. The quantitative estimate of drug-likeness (QED) is 0.465. The number of rotatable bonds is 6. The van der Waals surface area contributed by atoms with Crippen LogP contribution in [0.2, 0.25) is 0 Å². The van der Waals surface area contributed by atoms with E-state index in [0.29, 0.717) is 30.6 Å². The standard InChI is InChI=1S/C18H22N4O2S2/c1-3-22-17(24)15-12-6-5-11(2)9-13(12)26-16(15)21-18(22)25-10-14(23)20-8-4-7-19/h11H,3-6,8-10H2,1-2H3,(H,20,23)/t11-/m1/s1. The van der Waals surface area contributed by atoms with Crippen LogP contribution in [-0.2, 0) is 24.2 Å². The molecule has 2 heterocycles. The summed E-state index contributed by atoms with van der Waals surface area (Å²) in [6.07, 6.45) is 3.37. The Labute approximate surface area is 160 Å². The third-order valence-corrected chi connectivity index (χ3v) is 6.71. The molecule has 2 aromatic heterocycles. The molecular weight excluding hydrogens is 368 g/mol. The van der Waals surface area contributed by atoms with Crippen LogP contribution in [0.4, 0.5) is 0 Å². The van der Waals surface area contributed by atoms with Crippen LogP contribution in [0.3, 0.4) is 0 Å². The van der Waals surface area contributed by atoms with Crippen molar-refractivity contribution in [1.82, 2.24) is 14.9 Å². The van der Waals surface area contributed by atoms with E-state index in [4.69, 9.17) is 10.2 Å². The second-order valence-electron chi connectivity index (χ2n) is 6.52. The number of hydrogen-bond acceptors (Lipinski definition) is 6. The molecule has 0 saturated heterocycles.